The number of aryl methyl sites for hydroxylation is 1. The van der Waals surface area contributed by atoms with Crippen molar-refractivity contribution in [1.82, 2.24) is 4.98 Å². The average molecular weight is 334 g/mol. The number of rotatable bonds is 5. The van der Waals surface area contributed by atoms with Gasteiger partial charge in [-0.2, -0.15) is 0 Å². The van der Waals surface area contributed by atoms with Crippen molar-refractivity contribution >= 4 is 11.5 Å². The quantitative estimate of drug-likeness (QED) is 0.311. The molecule has 0 amide bonds. The van der Waals surface area contributed by atoms with E-state index in [1.807, 2.05) is 31.2 Å². The van der Waals surface area contributed by atoms with Gasteiger partial charge in [0.1, 0.15) is 0 Å². The zero-order valence-electron chi connectivity index (χ0n) is 13.6. The van der Waals surface area contributed by atoms with E-state index in [0.717, 1.165) is 16.8 Å². The number of carbonyl (C=O) groups is 1. The minimum atomic E-state index is -0.489. The number of nitro benzene ring substituents is 1. The van der Waals surface area contributed by atoms with Crippen molar-refractivity contribution in [1.29, 1.82) is 0 Å². The van der Waals surface area contributed by atoms with Crippen LogP contribution in [0.25, 0.3) is 11.3 Å². The van der Waals surface area contributed by atoms with Gasteiger partial charge in [-0.25, -0.2) is 4.57 Å². The van der Waals surface area contributed by atoms with Gasteiger partial charge < -0.3 is 0 Å². The topological polar surface area (TPSA) is 77.0 Å². The fourth-order valence-corrected chi connectivity index (χ4v) is 2.48. The number of non-ortho nitro benzene ring substituents is 1. The summed E-state index contributed by atoms with van der Waals surface area (Å²) >= 11 is 0. The molecular formula is C19H16N3O3+. The maximum absolute atomic E-state index is 12.3. The summed E-state index contributed by atoms with van der Waals surface area (Å²) < 4.78 is 1.68. The number of nitro groups is 1. The lowest BCUT2D eigenvalue weighted by atomic mass is 10.1. The van der Waals surface area contributed by atoms with Crippen LogP contribution in [-0.2, 0) is 6.54 Å². The van der Waals surface area contributed by atoms with Crippen LogP contribution >= 0.6 is 0 Å². The molecule has 0 fully saturated rings. The molecule has 0 bridgehead atoms. The molecule has 0 radical (unpaired) electrons. The third-order valence-corrected chi connectivity index (χ3v) is 3.81. The zero-order valence-corrected chi connectivity index (χ0v) is 13.6. The fourth-order valence-electron chi connectivity index (χ4n) is 2.48. The van der Waals surface area contributed by atoms with Gasteiger partial charge in [-0.05, 0) is 30.1 Å². The lowest BCUT2D eigenvalue weighted by Crippen LogP contribution is -2.37. The summed E-state index contributed by atoms with van der Waals surface area (Å²) in [5, 5.41) is 10.7. The number of hydrogen-bond donors (Lipinski definition) is 0. The third kappa shape index (κ3) is 3.92. The number of benzene rings is 2. The molecule has 1 aromatic heterocycles. The Kier molecular flexibility index (Phi) is 4.61. The number of carbonyl (C=O) groups excluding carboxylic acids is 1. The summed E-state index contributed by atoms with van der Waals surface area (Å²) in [4.78, 5) is 26.8. The first kappa shape index (κ1) is 16.4. The van der Waals surface area contributed by atoms with E-state index in [1.54, 1.807) is 17.1 Å². The summed E-state index contributed by atoms with van der Waals surface area (Å²) in [7, 11) is 0. The van der Waals surface area contributed by atoms with Gasteiger partial charge in [-0.1, -0.05) is 23.8 Å². The maximum Gasteiger partial charge on any atom is 0.287 e. The normalized spacial score (nSPS) is 10.4. The van der Waals surface area contributed by atoms with E-state index in [0.29, 0.717) is 5.56 Å². The van der Waals surface area contributed by atoms with Crippen molar-refractivity contribution in [2.75, 3.05) is 0 Å². The number of aromatic nitrogens is 2. The van der Waals surface area contributed by atoms with Gasteiger partial charge in [0.05, 0.1) is 11.1 Å². The number of nitrogens with zero attached hydrogens (tertiary/aromatic N) is 3. The first-order valence-electron chi connectivity index (χ1n) is 7.73. The lowest BCUT2D eigenvalue weighted by molar-refractivity contribution is -0.686. The van der Waals surface area contributed by atoms with Gasteiger partial charge in [-0.15, -0.1) is 0 Å². The smallest absolute Gasteiger partial charge is 0.287 e. The molecule has 3 rings (SSSR count). The second-order valence-corrected chi connectivity index (χ2v) is 5.71. The molecule has 2 aromatic carbocycles. The molecule has 124 valence electrons. The number of hydrogen-bond acceptors (Lipinski definition) is 4. The molecule has 0 unspecified atom stereocenters. The van der Waals surface area contributed by atoms with Gasteiger partial charge in [0, 0.05) is 29.3 Å². The Balaban J connectivity index is 1.72. The molecule has 0 aliphatic carbocycles. The Labute approximate surface area is 144 Å². The van der Waals surface area contributed by atoms with Crippen LogP contribution in [0.2, 0.25) is 0 Å². The summed E-state index contributed by atoms with van der Waals surface area (Å²) in [6, 6.07) is 15.5. The van der Waals surface area contributed by atoms with Gasteiger partial charge in [0.2, 0.25) is 5.78 Å². The average Bonchev–Trinajstić information content (AvgIpc) is 2.62. The largest absolute Gasteiger partial charge is 0.290 e. The molecular weight excluding hydrogens is 318 g/mol. The van der Waals surface area contributed by atoms with Crippen molar-refractivity contribution < 1.29 is 14.3 Å². The second-order valence-electron chi connectivity index (χ2n) is 5.71. The van der Waals surface area contributed by atoms with Gasteiger partial charge >= 0.3 is 0 Å². The summed E-state index contributed by atoms with van der Waals surface area (Å²) in [6.45, 7) is 2.15. The SMILES string of the molecule is Cc1cccc(-c2cc[n+](CC(=O)c3ccc([N+](=O)[O-])cc3)cn2)c1. The summed E-state index contributed by atoms with van der Waals surface area (Å²) in [5.74, 6) is -0.134. The molecule has 3 aromatic rings. The van der Waals surface area contributed by atoms with E-state index in [-0.39, 0.29) is 18.0 Å². The highest BCUT2D eigenvalue weighted by atomic mass is 16.6. The number of Topliss-reactive ketones (excluding diaryl/α,β-unsaturated/α-hetero) is 1. The molecule has 0 aliphatic heterocycles. The van der Waals surface area contributed by atoms with Crippen LogP contribution in [0.4, 0.5) is 5.69 Å². The standard InChI is InChI=1S/C19H16N3O3/c1-14-3-2-4-16(11-14)18-9-10-21(13-20-18)12-19(23)15-5-7-17(8-6-15)22(24)25/h2-11,13H,12H2,1H3/q+1. The van der Waals surface area contributed by atoms with E-state index >= 15 is 0 Å². The van der Waals surface area contributed by atoms with E-state index in [1.165, 1.54) is 24.3 Å². The van der Waals surface area contributed by atoms with Crippen LogP contribution < -0.4 is 4.57 Å². The Morgan fingerprint density at radius 3 is 2.52 bits per heavy atom. The maximum atomic E-state index is 12.3. The Morgan fingerprint density at radius 1 is 1.16 bits per heavy atom. The lowest BCUT2D eigenvalue weighted by Gasteiger charge is -2.01. The Bertz CT molecular complexity index is 919. The van der Waals surface area contributed by atoms with E-state index < -0.39 is 4.92 Å². The van der Waals surface area contributed by atoms with Crippen LogP contribution in [0.1, 0.15) is 15.9 Å². The molecule has 6 nitrogen and oxygen atoms in total. The molecule has 0 atom stereocenters. The molecule has 0 saturated carbocycles. The van der Waals surface area contributed by atoms with Crippen LogP contribution in [0.5, 0.6) is 0 Å². The Hall–Kier alpha value is -3.41. The molecule has 0 aliphatic rings. The van der Waals surface area contributed by atoms with Gasteiger partial charge in [0.25, 0.3) is 12.0 Å². The highest BCUT2D eigenvalue weighted by molar-refractivity contribution is 5.95. The highest BCUT2D eigenvalue weighted by Crippen LogP contribution is 2.16. The molecule has 25 heavy (non-hydrogen) atoms. The second kappa shape index (κ2) is 7.00. The highest BCUT2D eigenvalue weighted by Gasteiger charge is 2.13. The molecule has 6 heteroatoms. The third-order valence-electron chi connectivity index (χ3n) is 3.81. The zero-order chi connectivity index (χ0) is 17.8. The fraction of sp³-hybridized carbons (Fsp3) is 0.105. The van der Waals surface area contributed by atoms with E-state index in [9.17, 15) is 14.9 Å². The van der Waals surface area contributed by atoms with Crippen LogP contribution in [0, 0.1) is 17.0 Å². The van der Waals surface area contributed by atoms with Crippen LogP contribution in [0.15, 0.2) is 67.1 Å². The van der Waals surface area contributed by atoms with Gasteiger partial charge in [-0.3, -0.25) is 14.9 Å². The first-order chi connectivity index (χ1) is 12.0. The van der Waals surface area contributed by atoms with E-state index in [2.05, 4.69) is 11.1 Å². The van der Waals surface area contributed by atoms with Crippen LogP contribution in [-0.4, -0.2) is 15.7 Å². The predicted octanol–water partition coefficient (Wildman–Crippen LogP) is 3.14. The molecule has 1 heterocycles. The monoisotopic (exact) mass is 334 g/mol. The van der Waals surface area contributed by atoms with Crippen molar-refractivity contribution in [3.63, 3.8) is 0 Å². The predicted molar refractivity (Wildman–Crippen MR) is 92.0 cm³/mol. The van der Waals surface area contributed by atoms with Crippen molar-refractivity contribution in [3.05, 3.63) is 88.4 Å². The molecule has 0 N–H and O–H groups in total. The minimum absolute atomic E-state index is 0.0339. The Morgan fingerprint density at radius 2 is 1.92 bits per heavy atom. The van der Waals surface area contributed by atoms with Crippen molar-refractivity contribution in [2.45, 2.75) is 13.5 Å². The van der Waals surface area contributed by atoms with E-state index in [4.69, 9.17) is 0 Å². The summed E-state index contributed by atoms with van der Waals surface area (Å²) in [5.41, 5.74) is 3.41. The van der Waals surface area contributed by atoms with Crippen molar-refractivity contribution in [3.8, 4) is 11.3 Å². The summed E-state index contributed by atoms with van der Waals surface area (Å²) in [6.07, 6.45) is 3.41. The van der Waals surface area contributed by atoms with Crippen molar-refractivity contribution in [2.24, 2.45) is 0 Å². The minimum Gasteiger partial charge on any atom is -0.290 e. The molecule has 0 spiro atoms. The van der Waals surface area contributed by atoms with Gasteiger partial charge in [0.15, 0.2) is 12.2 Å². The van der Waals surface area contributed by atoms with Crippen LogP contribution in [0.3, 0.4) is 0 Å². The number of ketones is 1. The molecule has 0 saturated heterocycles. The first-order valence-corrected chi connectivity index (χ1v) is 7.73.